The lowest BCUT2D eigenvalue weighted by Gasteiger charge is -2.23. The van der Waals surface area contributed by atoms with Crippen molar-refractivity contribution in [2.24, 2.45) is 11.3 Å². The number of hydrogen-bond donors (Lipinski definition) is 0. The summed E-state index contributed by atoms with van der Waals surface area (Å²) in [7, 11) is 0. The van der Waals surface area contributed by atoms with Gasteiger partial charge in [-0.1, -0.05) is 64.1 Å². The Morgan fingerprint density at radius 3 is 2.29 bits per heavy atom. The zero-order chi connectivity index (χ0) is 15.6. The van der Waals surface area contributed by atoms with Crippen molar-refractivity contribution in [1.29, 1.82) is 0 Å². The largest absolute Gasteiger partial charge is 0.294 e. The van der Waals surface area contributed by atoms with Crippen LogP contribution >= 0.6 is 0 Å². The van der Waals surface area contributed by atoms with E-state index in [2.05, 4.69) is 52.8 Å². The molecular formula is C20H26O. The summed E-state index contributed by atoms with van der Waals surface area (Å²) in [5.74, 6) is 0.681. The number of hydrogen-bond acceptors (Lipinski definition) is 1. The Hall–Kier alpha value is -1.63. The Morgan fingerprint density at radius 1 is 1.05 bits per heavy atom. The normalized spacial score (nSPS) is 13.4. The maximum absolute atomic E-state index is 12.7. The number of ketones is 1. The fraction of sp³-hybridized carbons (Fsp3) is 0.450. The van der Waals surface area contributed by atoms with E-state index >= 15 is 0 Å². The van der Waals surface area contributed by atoms with Crippen LogP contribution in [0.25, 0.3) is 10.8 Å². The van der Waals surface area contributed by atoms with Gasteiger partial charge in [-0.3, -0.25) is 4.79 Å². The summed E-state index contributed by atoms with van der Waals surface area (Å²) < 4.78 is 0. The SMILES string of the molecule is Cc1ccc(C(=O)CC(C)CC(C)(C)C)c2ccccc12. The monoisotopic (exact) mass is 282 g/mol. The van der Waals surface area contributed by atoms with Gasteiger partial charge in [0.05, 0.1) is 0 Å². The third-order valence-corrected chi connectivity index (χ3v) is 3.94. The fourth-order valence-electron chi connectivity index (χ4n) is 3.24. The van der Waals surface area contributed by atoms with Crippen LogP contribution in [0.2, 0.25) is 0 Å². The summed E-state index contributed by atoms with van der Waals surface area (Å²) in [6.07, 6.45) is 1.70. The molecule has 1 atom stereocenters. The summed E-state index contributed by atoms with van der Waals surface area (Å²) in [5, 5.41) is 2.28. The van der Waals surface area contributed by atoms with Gasteiger partial charge in [-0.2, -0.15) is 0 Å². The molecule has 0 spiro atoms. The van der Waals surface area contributed by atoms with Gasteiger partial charge in [0.15, 0.2) is 5.78 Å². The van der Waals surface area contributed by atoms with Gasteiger partial charge in [-0.05, 0) is 41.0 Å². The lowest BCUT2D eigenvalue weighted by molar-refractivity contribution is 0.0956. The van der Waals surface area contributed by atoms with E-state index < -0.39 is 0 Å². The van der Waals surface area contributed by atoms with Crippen molar-refractivity contribution in [1.82, 2.24) is 0 Å². The minimum atomic E-state index is 0.267. The molecule has 0 bridgehead atoms. The molecule has 112 valence electrons. The molecule has 0 aliphatic rings. The Morgan fingerprint density at radius 2 is 1.67 bits per heavy atom. The molecule has 0 saturated carbocycles. The number of fused-ring (bicyclic) bond motifs is 1. The lowest BCUT2D eigenvalue weighted by Crippen LogP contribution is -2.14. The highest BCUT2D eigenvalue weighted by molar-refractivity contribution is 6.08. The molecule has 2 aromatic carbocycles. The second-order valence-electron chi connectivity index (χ2n) is 7.47. The lowest BCUT2D eigenvalue weighted by atomic mass is 9.82. The third kappa shape index (κ3) is 3.93. The predicted octanol–water partition coefficient (Wildman–Crippen LogP) is 5.79. The van der Waals surface area contributed by atoms with E-state index in [1.54, 1.807) is 0 Å². The highest BCUT2D eigenvalue weighted by Crippen LogP contribution is 2.29. The van der Waals surface area contributed by atoms with E-state index in [-0.39, 0.29) is 11.2 Å². The maximum atomic E-state index is 12.7. The van der Waals surface area contributed by atoms with E-state index in [9.17, 15) is 4.79 Å². The van der Waals surface area contributed by atoms with Crippen LogP contribution in [0.4, 0.5) is 0 Å². The molecule has 1 heteroatoms. The molecule has 21 heavy (non-hydrogen) atoms. The van der Waals surface area contributed by atoms with Gasteiger partial charge in [0.2, 0.25) is 0 Å². The Labute approximate surface area is 128 Å². The van der Waals surface area contributed by atoms with Gasteiger partial charge in [-0.15, -0.1) is 0 Å². The number of carbonyl (C=O) groups is 1. The Kier molecular flexibility index (Phi) is 4.51. The van der Waals surface area contributed by atoms with Gasteiger partial charge in [0.1, 0.15) is 0 Å². The first-order valence-electron chi connectivity index (χ1n) is 7.79. The first-order valence-corrected chi connectivity index (χ1v) is 7.79. The van der Waals surface area contributed by atoms with Gasteiger partial charge < -0.3 is 0 Å². The molecule has 0 aliphatic carbocycles. The minimum Gasteiger partial charge on any atom is -0.294 e. The number of aryl methyl sites for hydroxylation is 1. The molecule has 0 radical (unpaired) electrons. The molecule has 1 nitrogen and oxygen atoms in total. The molecule has 2 rings (SSSR count). The van der Waals surface area contributed by atoms with Crippen LogP contribution in [0.1, 0.15) is 56.5 Å². The topological polar surface area (TPSA) is 17.1 Å². The summed E-state index contributed by atoms with van der Waals surface area (Å²) in [6, 6.07) is 12.3. The van der Waals surface area contributed by atoms with E-state index in [0.717, 1.165) is 17.4 Å². The summed E-state index contributed by atoms with van der Waals surface area (Å²) >= 11 is 0. The highest BCUT2D eigenvalue weighted by atomic mass is 16.1. The first kappa shape index (κ1) is 15.8. The fourth-order valence-corrected chi connectivity index (χ4v) is 3.24. The molecule has 0 aromatic heterocycles. The van der Waals surface area contributed by atoms with Crippen molar-refractivity contribution in [3.8, 4) is 0 Å². The molecule has 1 unspecified atom stereocenters. The second-order valence-corrected chi connectivity index (χ2v) is 7.47. The average molecular weight is 282 g/mol. The molecular weight excluding hydrogens is 256 g/mol. The maximum Gasteiger partial charge on any atom is 0.163 e. The van der Waals surface area contributed by atoms with Crippen LogP contribution in [0.5, 0.6) is 0 Å². The number of benzene rings is 2. The zero-order valence-corrected chi connectivity index (χ0v) is 13.9. The number of carbonyl (C=O) groups excluding carboxylic acids is 1. The van der Waals surface area contributed by atoms with E-state index in [4.69, 9.17) is 0 Å². The van der Waals surface area contributed by atoms with Crippen LogP contribution < -0.4 is 0 Å². The number of rotatable bonds is 4. The van der Waals surface area contributed by atoms with Crippen LogP contribution in [0, 0.1) is 18.3 Å². The van der Waals surface area contributed by atoms with Crippen LogP contribution in [0.3, 0.4) is 0 Å². The van der Waals surface area contributed by atoms with E-state index in [0.29, 0.717) is 12.3 Å². The highest BCUT2D eigenvalue weighted by Gasteiger charge is 2.19. The third-order valence-electron chi connectivity index (χ3n) is 3.94. The van der Waals surface area contributed by atoms with Gasteiger partial charge in [-0.25, -0.2) is 0 Å². The summed E-state index contributed by atoms with van der Waals surface area (Å²) in [5.41, 5.74) is 2.37. The molecule has 2 aromatic rings. The van der Waals surface area contributed by atoms with Crippen molar-refractivity contribution in [3.63, 3.8) is 0 Å². The van der Waals surface area contributed by atoms with Crippen LogP contribution in [0.15, 0.2) is 36.4 Å². The molecule has 0 N–H and O–H groups in total. The van der Waals surface area contributed by atoms with Gasteiger partial charge >= 0.3 is 0 Å². The van der Waals surface area contributed by atoms with Gasteiger partial charge in [0.25, 0.3) is 0 Å². The average Bonchev–Trinajstić information content (AvgIpc) is 2.37. The van der Waals surface area contributed by atoms with E-state index in [1.807, 2.05) is 18.2 Å². The first-order chi connectivity index (χ1) is 9.78. The van der Waals surface area contributed by atoms with Crippen molar-refractivity contribution < 1.29 is 4.79 Å². The van der Waals surface area contributed by atoms with Crippen LogP contribution in [-0.4, -0.2) is 5.78 Å². The molecule has 0 saturated heterocycles. The molecule has 0 aliphatic heterocycles. The van der Waals surface area contributed by atoms with Crippen molar-refractivity contribution in [2.45, 2.75) is 47.5 Å². The predicted molar refractivity (Wildman–Crippen MR) is 90.9 cm³/mol. The Bertz CT molecular complexity index is 646. The van der Waals surface area contributed by atoms with Crippen LogP contribution in [-0.2, 0) is 0 Å². The zero-order valence-electron chi connectivity index (χ0n) is 13.9. The van der Waals surface area contributed by atoms with Crippen molar-refractivity contribution >= 4 is 16.6 Å². The smallest absolute Gasteiger partial charge is 0.163 e. The van der Waals surface area contributed by atoms with Gasteiger partial charge in [0, 0.05) is 12.0 Å². The summed E-state index contributed by atoms with van der Waals surface area (Å²) in [4.78, 5) is 12.7. The molecule has 0 fully saturated rings. The molecule has 0 heterocycles. The van der Waals surface area contributed by atoms with Crippen molar-refractivity contribution in [2.75, 3.05) is 0 Å². The summed E-state index contributed by atoms with van der Waals surface area (Å²) in [6.45, 7) is 11.0. The van der Waals surface area contributed by atoms with Crippen molar-refractivity contribution in [3.05, 3.63) is 47.5 Å². The second kappa shape index (κ2) is 6.01. The quantitative estimate of drug-likeness (QED) is 0.648. The standard InChI is InChI=1S/C20H26O/c1-14(13-20(3,4)5)12-19(21)18-11-10-15(2)16-8-6-7-9-17(16)18/h6-11,14H,12-13H2,1-5H3. The van der Waals surface area contributed by atoms with E-state index in [1.165, 1.54) is 10.9 Å². The number of Topliss-reactive ketones (excluding diaryl/α,β-unsaturated/α-hetero) is 1. The minimum absolute atomic E-state index is 0.267. The molecule has 0 amide bonds. The Balaban J connectivity index is 2.26.